The lowest BCUT2D eigenvalue weighted by atomic mass is 9.95. The second-order valence-electron chi connectivity index (χ2n) is 11.0. The van der Waals surface area contributed by atoms with Crippen LogP contribution in [0.15, 0.2) is 42.6 Å². The smallest absolute Gasteiger partial charge is 0.417 e. The molecule has 36 heavy (non-hydrogen) atoms. The van der Waals surface area contributed by atoms with Gasteiger partial charge in [-0.1, -0.05) is 39.0 Å². The number of nitrogens with one attached hydrogen (secondary N) is 1. The lowest BCUT2D eigenvalue weighted by Gasteiger charge is -2.27. The topological polar surface area (TPSA) is 40.0 Å². The van der Waals surface area contributed by atoms with E-state index in [9.17, 15) is 26.5 Å². The van der Waals surface area contributed by atoms with Gasteiger partial charge in [0.1, 0.15) is 16.6 Å². The fourth-order valence-corrected chi connectivity index (χ4v) is 4.76. The summed E-state index contributed by atoms with van der Waals surface area (Å²) in [6, 6.07) is 5.24. The molecule has 3 rings (SSSR count). The average Bonchev–Trinajstić information content (AvgIpc) is 3.04. The molecular formula is C26H30F6N2OS. The van der Waals surface area contributed by atoms with Crippen LogP contribution in [0.4, 0.5) is 26.3 Å². The van der Waals surface area contributed by atoms with Crippen molar-refractivity contribution in [1.82, 2.24) is 9.29 Å². The number of hydrogen-bond donors (Lipinski definition) is 1. The fourth-order valence-electron chi connectivity index (χ4n) is 3.94. The van der Waals surface area contributed by atoms with Gasteiger partial charge in [0.25, 0.3) is 6.43 Å². The normalized spacial score (nSPS) is 15.1. The summed E-state index contributed by atoms with van der Waals surface area (Å²) in [4.78, 5) is 0. The van der Waals surface area contributed by atoms with Gasteiger partial charge in [0.15, 0.2) is 0 Å². The second kappa shape index (κ2) is 9.95. The van der Waals surface area contributed by atoms with E-state index in [4.69, 9.17) is 0 Å². The molecule has 1 N–H and O–H groups in total. The number of alkyl halides is 5. The number of nitrogens with zero attached hydrogens (tertiary/aromatic N) is 1. The molecule has 0 spiro atoms. The third-order valence-electron chi connectivity index (χ3n) is 5.55. The van der Waals surface area contributed by atoms with E-state index in [1.54, 1.807) is 25.3 Å². The standard InChI is InChI=1S/C26H30F6N2OS/c1-24(2,3)14-34-13-18(22(23(28)29)33-36(35)25(4,5)6)17-11-20(27)16(12-21(17)34)15-9-7-8-10-19(15)26(30,31)32/h7-13,22-23,33H,14H2,1-6H3. The Bertz CT molecular complexity index is 1220. The van der Waals surface area contributed by atoms with E-state index in [1.165, 1.54) is 30.5 Å². The van der Waals surface area contributed by atoms with Crippen molar-refractivity contribution in [2.45, 2.75) is 71.5 Å². The first kappa shape index (κ1) is 28.4. The number of hydrogen-bond acceptors (Lipinski definition) is 2. The molecule has 3 aromatic rings. The van der Waals surface area contributed by atoms with Crippen LogP contribution < -0.4 is 4.72 Å². The van der Waals surface area contributed by atoms with Gasteiger partial charge in [-0.05, 0) is 49.9 Å². The van der Waals surface area contributed by atoms with Gasteiger partial charge in [-0.2, -0.15) is 13.2 Å². The summed E-state index contributed by atoms with van der Waals surface area (Å²) in [7, 11) is 0. The molecule has 0 saturated carbocycles. The Kier molecular flexibility index (Phi) is 7.85. The second-order valence-corrected chi connectivity index (χ2v) is 13.0. The molecule has 2 atom stereocenters. The molecule has 0 bridgehead atoms. The van der Waals surface area contributed by atoms with Gasteiger partial charge in [-0.15, -0.1) is 4.72 Å². The van der Waals surface area contributed by atoms with Gasteiger partial charge in [0, 0.05) is 46.1 Å². The Morgan fingerprint density at radius 1 is 0.972 bits per heavy atom. The highest BCUT2D eigenvalue weighted by atomic mass is 32.2. The van der Waals surface area contributed by atoms with E-state index in [-0.39, 0.29) is 27.5 Å². The van der Waals surface area contributed by atoms with Crippen LogP contribution in [0.2, 0.25) is 0 Å². The van der Waals surface area contributed by atoms with Crippen molar-refractivity contribution in [2.75, 3.05) is 0 Å². The Morgan fingerprint density at radius 3 is 2.11 bits per heavy atom. The van der Waals surface area contributed by atoms with E-state index in [1.807, 2.05) is 20.8 Å². The van der Waals surface area contributed by atoms with E-state index < -0.39 is 46.1 Å². The number of halogens is 6. The maximum absolute atomic E-state index is 15.4. The summed E-state index contributed by atoms with van der Waals surface area (Å²) in [5.74, 6) is -0.973. The highest BCUT2D eigenvalue weighted by molar-refractivity contribution is 7.90. The average molecular weight is 533 g/mol. The molecule has 2 aromatic carbocycles. The third kappa shape index (κ3) is 6.20. The summed E-state index contributed by atoms with van der Waals surface area (Å²) >= 11 is -1.85. The van der Waals surface area contributed by atoms with Crippen molar-refractivity contribution >= 4 is 22.3 Å². The number of fused-ring (bicyclic) bond motifs is 1. The quantitative estimate of drug-likeness (QED) is 0.259. The Hall–Kier alpha value is -2.17. The summed E-state index contributed by atoms with van der Waals surface area (Å²) in [5, 5.41) is 0.119. The van der Waals surface area contributed by atoms with E-state index in [2.05, 4.69) is 4.72 Å². The third-order valence-corrected chi connectivity index (χ3v) is 7.13. The Labute approximate surface area is 210 Å². The summed E-state index contributed by atoms with van der Waals surface area (Å²) < 4.78 is 101. The molecule has 0 fully saturated rings. The molecule has 1 aromatic heterocycles. The zero-order valence-corrected chi connectivity index (χ0v) is 21.8. The predicted octanol–water partition coefficient (Wildman–Crippen LogP) is 7.87. The monoisotopic (exact) mass is 532 g/mol. The minimum absolute atomic E-state index is 0.0245. The first-order chi connectivity index (χ1) is 16.4. The molecule has 0 aliphatic carbocycles. The number of rotatable bonds is 6. The zero-order valence-electron chi connectivity index (χ0n) is 20.9. The largest absolute Gasteiger partial charge is 0.598 e. The van der Waals surface area contributed by atoms with E-state index >= 15 is 4.39 Å². The zero-order chi connectivity index (χ0) is 27.2. The molecule has 0 saturated heterocycles. The SMILES string of the molecule is CC(C)(C)Cn1cc(C(N[S+]([O-])C(C)(C)C)C(F)F)c2cc(F)c(-c3ccccc3C(F)(F)F)cc21. The molecule has 0 aliphatic rings. The van der Waals surface area contributed by atoms with Gasteiger partial charge in [0.2, 0.25) is 0 Å². The molecule has 2 unspecified atom stereocenters. The van der Waals surface area contributed by atoms with Gasteiger partial charge in [-0.3, -0.25) is 0 Å². The predicted molar refractivity (Wildman–Crippen MR) is 132 cm³/mol. The summed E-state index contributed by atoms with van der Waals surface area (Å²) in [6.45, 7) is 11.0. The molecule has 198 valence electrons. The van der Waals surface area contributed by atoms with Crippen LogP contribution in [-0.4, -0.2) is 20.3 Å². The first-order valence-corrected chi connectivity index (χ1v) is 12.5. The van der Waals surface area contributed by atoms with Crippen LogP contribution in [0, 0.1) is 11.2 Å². The van der Waals surface area contributed by atoms with Crippen LogP contribution in [-0.2, 0) is 24.1 Å². The van der Waals surface area contributed by atoms with Crippen LogP contribution in [0.25, 0.3) is 22.0 Å². The van der Waals surface area contributed by atoms with Crippen molar-refractivity contribution in [3.8, 4) is 11.1 Å². The number of benzene rings is 2. The van der Waals surface area contributed by atoms with Gasteiger partial charge >= 0.3 is 6.18 Å². The van der Waals surface area contributed by atoms with Gasteiger partial charge in [-0.25, -0.2) is 13.2 Å². The molecular weight excluding hydrogens is 502 g/mol. The lowest BCUT2D eigenvalue weighted by Crippen LogP contribution is -2.43. The van der Waals surface area contributed by atoms with Crippen LogP contribution in [0.3, 0.4) is 0 Å². The molecule has 0 aliphatic heterocycles. The lowest BCUT2D eigenvalue weighted by molar-refractivity contribution is -0.137. The molecule has 3 nitrogen and oxygen atoms in total. The molecule has 10 heteroatoms. The minimum atomic E-state index is -4.71. The van der Waals surface area contributed by atoms with Crippen molar-refractivity contribution in [3.63, 3.8) is 0 Å². The van der Waals surface area contributed by atoms with Crippen LogP contribution in [0.1, 0.15) is 58.7 Å². The van der Waals surface area contributed by atoms with E-state index in [0.717, 1.165) is 12.1 Å². The van der Waals surface area contributed by atoms with Crippen molar-refractivity contribution in [2.24, 2.45) is 5.41 Å². The maximum atomic E-state index is 15.4. The minimum Gasteiger partial charge on any atom is -0.598 e. The molecule has 0 amide bonds. The number of aromatic nitrogens is 1. The Morgan fingerprint density at radius 2 is 1.58 bits per heavy atom. The highest BCUT2D eigenvalue weighted by Crippen LogP contribution is 2.41. The van der Waals surface area contributed by atoms with Crippen molar-refractivity contribution < 1.29 is 30.9 Å². The van der Waals surface area contributed by atoms with Crippen molar-refractivity contribution in [1.29, 1.82) is 0 Å². The van der Waals surface area contributed by atoms with Crippen LogP contribution >= 0.6 is 0 Å². The summed E-state index contributed by atoms with van der Waals surface area (Å²) in [6.07, 6.45) is -6.24. The Balaban J connectivity index is 2.28. The molecule has 0 radical (unpaired) electrons. The molecule has 1 heterocycles. The maximum Gasteiger partial charge on any atom is 0.417 e. The highest BCUT2D eigenvalue weighted by Gasteiger charge is 2.37. The fraction of sp³-hybridized carbons (Fsp3) is 0.462. The van der Waals surface area contributed by atoms with Gasteiger partial charge < -0.3 is 9.12 Å². The van der Waals surface area contributed by atoms with Crippen LogP contribution in [0.5, 0.6) is 0 Å². The summed E-state index contributed by atoms with van der Waals surface area (Å²) in [5.41, 5.74) is -1.62. The first-order valence-electron chi connectivity index (χ1n) is 11.4. The van der Waals surface area contributed by atoms with Gasteiger partial charge in [0.05, 0.1) is 5.56 Å². The van der Waals surface area contributed by atoms with Crippen molar-refractivity contribution in [3.05, 3.63) is 59.5 Å². The van der Waals surface area contributed by atoms with E-state index in [0.29, 0.717) is 12.1 Å².